The smallest absolute Gasteiger partial charge is 0.223 e. The number of carbonyl (C=O) groups excluding carboxylic acids is 1. The zero-order chi connectivity index (χ0) is 24.2. The molecule has 0 unspecified atom stereocenters. The summed E-state index contributed by atoms with van der Waals surface area (Å²) in [5.41, 5.74) is 7.45. The average Bonchev–Trinajstić information content (AvgIpc) is 3.35. The number of benzene rings is 1. The average molecular weight is 477 g/mol. The number of aromatic nitrogens is 4. The molecule has 3 heterocycles. The number of pyridine rings is 1. The maximum absolute atomic E-state index is 11.8. The lowest BCUT2D eigenvalue weighted by Gasteiger charge is -2.41. The minimum Gasteiger partial charge on any atom is -0.369 e. The molecule has 1 aliphatic carbocycles. The van der Waals surface area contributed by atoms with Gasteiger partial charge in [-0.3, -0.25) is 9.69 Å². The number of carbonyl (C=O) groups is 1. The number of anilines is 2. The summed E-state index contributed by atoms with van der Waals surface area (Å²) in [6.45, 7) is 10.4. The Kier molecular flexibility index (Phi) is 5.39. The van der Waals surface area contributed by atoms with E-state index < -0.39 is 0 Å². The third-order valence-corrected chi connectivity index (χ3v) is 7.89. The standard InChI is InChI=1S/C25H28N6O2S/c1-13-20(25(3,4)5)34-24(28-13)31(18-10-17(11-18)21(26)32)23-19-12-16(22-29-14(2)33-30-22)7-6-15(19)8-9-27-23/h6-9,12,17-18H,10-11H2,1-5H3,(H2,26,32). The van der Waals surface area contributed by atoms with E-state index in [0.717, 1.165) is 33.0 Å². The van der Waals surface area contributed by atoms with Gasteiger partial charge in [-0.25, -0.2) is 9.97 Å². The van der Waals surface area contributed by atoms with Gasteiger partial charge in [-0.15, -0.1) is 11.3 Å². The van der Waals surface area contributed by atoms with Gasteiger partial charge in [0.2, 0.25) is 17.6 Å². The van der Waals surface area contributed by atoms with Gasteiger partial charge in [0.1, 0.15) is 5.82 Å². The summed E-state index contributed by atoms with van der Waals surface area (Å²) in [6, 6.07) is 8.15. The number of hydrogen-bond acceptors (Lipinski definition) is 8. The van der Waals surface area contributed by atoms with Crippen LogP contribution in [0.2, 0.25) is 0 Å². The molecule has 4 aromatic rings. The van der Waals surface area contributed by atoms with Crippen molar-refractivity contribution in [3.05, 3.63) is 46.9 Å². The summed E-state index contributed by atoms with van der Waals surface area (Å²) in [5, 5.41) is 6.98. The number of aryl methyl sites for hydroxylation is 2. The molecule has 3 aromatic heterocycles. The quantitative estimate of drug-likeness (QED) is 0.429. The van der Waals surface area contributed by atoms with Crippen molar-refractivity contribution in [2.75, 3.05) is 4.90 Å². The van der Waals surface area contributed by atoms with Crippen LogP contribution in [0.5, 0.6) is 0 Å². The fourth-order valence-corrected chi connectivity index (χ4v) is 5.73. The molecule has 1 saturated carbocycles. The largest absolute Gasteiger partial charge is 0.369 e. The van der Waals surface area contributed by atoms with Crippen molar-refractivity contribution in [1.29, 1.82) is 0 Å². The molecule has 0 spiro atoms. The number of rotatable bonds is 5. The van der Waals surface area contributed by atoms with Crippen molar-refractivity contribution in [2.45, 2.75) is 58.9 Å². The van der Waals surface area contributed by atoms with Crippen LogP contribution in [-0.2, 0) is 10.2 Å². The maximum Gasteiger partial charge on any atom is 0.223 e. The van der Waals surface area contributed by atoms with E-state index in [1.54, 1.807) is 18.3 Å². The lowest BCUT2D eigenvalue weighted by molar-refractivity contribution is -0.124. The van der Waals surface area contributed by atoms with Crippen LogP contribution in [0.15, 0.2) is 35.0 Å². The molecule has 0 atom stereocenters. The first-order chi connectivity index (χ1) is 16.1. The Hall–Kier alpha value is -3.33. The van der Waals surface area contributed by atoms with Crippen molar-refractivity contribution in [3.8, 4) is 11.4 Å². The first kappa shape index (κ1) is 22.5. The Morgan fingerprint density at radius 2 is 1.94 bits per heavy atom. The van der Waals surface area contributed by atoms with E-state index in [4.69, 9.17) is 20.2 Å². The second kappa shape index (κ2) is 8.16. The summed E-state index contributed by atoms with van der Waals surface area (Å²) in [4.78, 5) is 29.4. The number of primary amides is 1. The zero-order valence-electron chi connectivity index (χ0n) is 20.0. The summed E-state index contributed by atoms with van der Waals surface area (Å²) >= 11 is 1.69. The van der Waals surface area contributed by atoms with E-state index >= 15 is 0 Å². The van der Waals surface area contributed by atoms with Gasteiger partial charge in [-0.05, 0) is 42.7 Å². The molecular weight excluding hydrogens is 448 g/mol. The van der Waals surface area contributed by atoms with Gasteiger partial charge in [-0.2, -0.15) is 4.98 Å². The molecule has 1 fully saturated rings. The van der Waals surface area contributed by atoms with Gasteiger partial charge in [0.15, 0.2) is 5.13 Å². The van der Waals surface area contributed by atoms with Crippen LogP contribution in [0.25, 0.3) is 22.2 Å². The van der Waals surface area contributed by atoms with Crippen LogP contribution in [0.1, 0.15) is 50.1 Å². The molecule has 0 aliphatic heterocycles. The molecule has 1 amide bonds. The Morgan fingerprint density at radius 1 is 1.18 bits per heavy atom. The highest BCUT2D eigenvalue weighted by Gasteiger charge is 2.40. The van der Waals surface area contributed by atoms with E-state index in [-0.39, 0.29) is 23.3 Å². The molecule has 2 N–H and O–H groups in total. The first-order valence-electron chi connectivity index (χ1n) is 11.4. The van der Waals surface area contributed by atoms with Gasteiger partial charge < -0.3 is 10.3 Å². The van der Waals surface area contributed by atoms with E-state index in [1.165, 1.54) is 4.88 Å². The highest BCUT2D eigenvalue weighted by molar-refractivity contribution is 7.16. The van der Waals surface area contributed by atoms with Gasteiger partial charge in [0.25, 0.3) is 0 Å². The third kappa shape index (κ3) is 3.94. The van der Waals surface area contributed by atoms with Crippen LogP contribution < -0.4 is 10.6 Å². The monoisotopic (exact) mass is 476 g/mol. The van der Waals surface area contributed by atoms with E-state index in [0.29, 0.717) is 24.6 Å². The van der Waals surface area contributed by atoms with Crippen molar-refractivity contribution >= 4 is 39.0 Å². The number of hydrogen-bond donors (Lipinski definition) is 1. The lowest BCUT2D eigenvalue weighted by atomic mass is 9.79. The third-order valence-electron chi connectivity index (χ3n) is 6.31. The molecule has 9 heteroatoms. The van der Waals surface area contributed by atoms with Gasteiger partial charge in [0, 0.05) is 40.9 Å². The fraction of sp³-hybridized carbons (Fsp3) is 0.400. The van der Waals surface area contributed by atoms with Crippen LogP contribution in [0, 0.1) is 19.8 Å². The predicted molar refractivity (Wildman–Crippen MR) is 133 cm³/mol. The van der Waals surface area contributed by atoms with E-state index in [9.17, 15) is 4.79 Å². The Balaban J connectivity index is 1.65. The molecule has 1 aromatic carbocycles. The highest BCUT2D eigenvalue weighted by atomic mass is 32.1. The normalized spacial score (nSPS) is 18.1. The van der Waals surface area contributed by atoms with Gasteiger partial charge >= 0.3 is 0 Å². The molecule has 34 heavy (non-hydrogen) atoms. The SMILES string of the molecule is Cc1nc(-c2ccc3ccnc(N(c4nc(C)c(C(C)(C)C)s4)C4CC(C(N)=O)C4)c3c2)no1. The molecule has 1 aliphatic rings. The van der Waals surface area contributed by atoms with Crippen LogP contribution >= 0.6 is 11.3 Å². The minimum absolute atomic E-state index is 0.0170. The molecule has 8 nitrogen and oxygen atoms in total. The van der Waals surface area contributed by atoms with E-state index in [1.807, 2.05) is 30.5 Å². The Morgan fingerprint density at radius 3 is 2.56 bits per heavy atom. The van der Waals surface area contributed by atoms with E-state index in [2.05, 4.69) is 42.7 Å². The molecule has 176 valence electrons. The number of fused-ring (bicyclic) bond motifs is 1. The Bertz CT molecular complexity index is 1380. The minimum atomic E-state index is -0.248. The molecule has 0 bridgehead atoms. The number of thiazole rings is 1. The topological polar surface area (TPSA) is 111 Å². The maximum atomic E-state index is 11.8. The first-order valence-corrected chi connectivity index (χ1v) is 12.2. The summed E-state index contributed by atoms with van der Waals surface area (Å²) in [5.74, 6) is 1.49. The second-order valence-corrected chi connectivity index (χ2v) is 10.9. The van der Waals surface area contributed by atoms with Crippen molar-refractivity contribution in [2.24, 2.45) is 11.7 Å². The van der Waals surface area contributed by atoms with Gasteiger partial charge in [-0.1, -0.05) is 38.1 Å². The molecular formula is C25H28N6O2S. The van der Waals surface area contributed by atoms with Crippen molar-refractivity contribution in [3.63, 3.8) is 0 Å². The lowest BCUT2D eigenvalue weighted by Crippen LogP contribution is -2.47. The van der Waals surface area contributed by atoms with Crippen LogP contribution in [-0.4, -0.2) is 32.1 Å². The highest BCUT2D eigenvalue weighted by Crippen LogP contribution is 2.45. The second-order valence-electron chi connectivity index (χ2n) is 9.96. The summed E-state index contributed by atoms with van der Waals surface area (Å²) in [6.07, 6.45) is 3.18. The van der Waals surface area contributed by atoms with Crippen molar-refractivity contribution in [1.82, 2.24) is 20.1 Å². The van der Waals surface area contributed by atoms with Crippen molar-refractivity contribution < 1.29 is 9.32 Å². The predicted octanol–water partition coefficient (Wildman–Crippen LogP) is 5.06. The Labute approximate surface area is 202 Å². The summed E-state index contributed by atoms with van der Waals surface area (Å²) < 4.78 is 5.19. The number of nitrogens with two attached hydrogens (primary N) is 1. The zero-order valence-corrected chi connectivity index (χ0v) is 20.8. The van der Waals surface area contributed by atoms with Crippen LogP contribution in [0.3, 0.4) is 0 Å². The molecule has 5 rings (SSSR count). The van der Waals surface area contributed by atoms with Gasteiger partial charge in [0.05, 0.1) is 5.69 Å². The number of nitrogens with zero attached hydrogens (tertiary/aromatic N) is 5. The molecule has 0 radical (unpaired) electrons. The van der Waals surface area contributed by atoms with Crippen LogP contribution in [0.4, 0.5) is 10.9 Å². The number of amides is 1. The molecule has 0 saturated heterocycles. The summed E-state index contributed by atoms with van der Waals surface area (Å²) in [7, 11) is 0. The fourth-order valence-electron chi connectivity index (χ4n) is 4.53.